The number of nitrogens with zero attached hydrogens (tertiary/aromatic N) is 6. The van der Waals surface area contributed by atoms with Crippen LogP contribution in [0, 0.1) is 17.0 Å². The summed E-state index contributed by atoms with van der Waals surface area (Å²) >= 11 is 0. The van der Waals surface area contributed by atoms with Gasteiger partial charge in [-0.1, -0.05) is 13.0 Å². The van der Waals surface area contributed by atoms with Gasteiger partial charge in [0.25, 0.3) is 0 Å². The number of aromatic nitrogens is 6. The summed E-state index contributed by atoms with van der Waals surface area (Å²) in [5, 5.41) is 15.5. The SMILES string of the molecule is CC1(C(=O)Nc2c(N)nc(-c3nn(Cc4c(F)cccc4F)c4nnccc34)nc2N)CC1. The molecule has 0 spiro atoms. The molecule has 1 amide bonds. The topological polar surface area (TPSA) is 151 Å². The fraction of sp³-hybridized carbons (Fsp3) is 0.238. The molecule has 168 valence electrons. The van der Waals surface area contributed by atoms with Gasteiger partial charge in [-0.25, -0.2) is 23.4 Å². The van der Waals surface area contributed by atoms with Crippen molar-refractivity contribution in [2.75, 3.05) is 16.8 Å². The van der Waals surface area contributed by atoms with Gasteiger partial charge in [0.1, 0.15) is 23.0 Å². The number of carbonyl (C=O) groups excluding carboxylic acids is 1. The summed E-state index contributed by atoms with van der Waals surface area (Å²) in [7, 11) is 0. The first-order chi connectivity index (χ1) is 15.8. The number of halogens is 2. The Kier molecular flexibility index (Phi) is 4.65. The molecule has 0 radical (unpaired) electrons. The standard InChI is InChI=1S/C21H19F2N9O/c1-21(6-7-21)20(33)27-15-16(24)28-18(29-17(15)25)14-10-5-8-26-30-19(10)32(31-14)9-11-12(22)3-2-4-13(11)23/h2-5,8H,6-7,9H2,1H3,(H,27,33)(H4,24,25,28,29). The van der Waals surface area contributed by atoms with Gasteiger partial charge >= 0.3 is 0 Å². The maximum Gasteiger partial charge on any atom is 0.230 e. The highest BCUT2D eigenvalue weighted by atomic mass is 19.1. The number of hydrogen-bond donors (Lipinski definition) is 3. The van der Waals surface area contributed by atoms with E-state index in [0.717, 1.165) is 25.0 Å². The van der Waals surface area contributed by atoms with Crippen LogP contribution in [0.15, 0.2) is 30.5 Å². The fourth-order valence-corrected chi connectivity index (χ4v) is 3.44. The molecule has 0 atom stereocenters. The number of nitrogens with two attached hydrogens (primary N) is 2. The van der Waals surface area contributed by atoms with Gasteiger partial charge in [0.15, 0.2) is 23.1 Å². The Balaban J connectivity index is 1.56. The highest BCUT2D eigenvalue weighted by Crippen LogP contribution is 2.46. The van der Waals surface area contributed by atoms with Crippen LogP contribution in [-0.4, -0.2) is 35.9 Å². The molecule has 0 unspecified atom stereocenters. The molecule has 0 saturated heterocycles. The first-order valence-corrected chi connectivity index (χ1v) is 10.1. The first-order valence-electron chi connectivity index (χ1n) is 10.1. The van der Waals surface area contributed by atoms with E-state index in [4.69, 9.17) is 11.5 Å². The number of amides is 1. The van der Waals surface area contributed by atoms with Crippen LogP contribution in [0.4, 0.5) is 26.1 Å². The summed E-state index contributed by atoms with van der Waals surface area (Å²) in [6, 6.07) is 5.23. The minimum absolute atomic E-state index is 0.0278. The van der Waals surface area contributed by atoms with Crippen LogP contribution < -0.4 is 16.8 Å². The van der Waals surface area contributed by atoms with Crippen molar-refractivity contribution in [3.63, 3.8) is 0 Å². The van der Waals surface area contributed by atoms with Gasteiger partial charge < -0.3 is 16.8 Å². The van der Waals surface area contributed by atoms with E-state index < -0.39 is 17.0 Å². The van der Waals surface area contributed by atoms with Crippen molar-refractivity contribution in [1.29, 1.82) is 0 Å². The van der Waals surface area contributed by atoms with Crippen LogP contribution >= 0.6 is 0 Å². The molecule has 0 bridgehead atoms. The average molecular weight is 451 g/mol. The van der Waals surface area contributed by atoms with Crippen molar-refractivity contribution >= 4 is 34.3 Å². The maximum atomic E-state index is 14.2. The largest absolute Gasteiger partial charge is 0.382 e. The van der Waals surface area contributed by atoms with Gasteiger partial charge in [-0.15, -0.1) is 5.10 Å². The van der Waals surface area contributed by atoms with Crippen molar-refractivity contribution in [2.24, 2.45) is 5.41 Å². The first kappa shape index (κ1) is 20.7. The summed E-state index contributed by atoms with van der Waals surface area (Å²) in [5.41, 5.74) is 12.2. The lowest BCUT2D eigenvalue weighted by Crippen LogP contribution is -2.23. The van der Waals surface area contributed by atoms with Gasteiger partial charge in [0.05, 0.1) is 18.1 Å². The summed E-state index contributed by atoms with van der Waals surface area (Å²) < 4.78 is 29.7. The molecule has 1 aliphatic carbocycles. The molecule has 12 heteroatoms. The molecular weight excluding hydrogens is 432 g/mol. The molecule has 1 aromatic carbocycles. The number of hydrogen-bond acceptors (Lipinski definition) is 8. The molecule has 33 heavy (non-hydrogen) atoms. The van der Waals surface area contributed by atoms with E-state index in [1.54, 1.807) is 6.07 Å². The quantitative estimate of drug-likeness (QED) is 0.419. The Morgan fingerprint density at radius 2 is 1.82 bits per heavy atom. The molecule has 1 aliphatic rings. The molecule has 1 saturated carbocycles. The molecule has 4 aromatic rings. The zero-order valence-electron chi connectivity index (χ0n) is 17.5. The van der Waals surface area contributed by atoms with Crippen LogP contribution in [0.25, 0.3) is 22.6 Å². The number of fused-ring (bicyclic) bond motifs is 1. The highest BCUT2D eigenvalue weighted by Gasteiger charge is 2.45. The Morgan fingerprint density at radius 3 is 2.45 bits per heavy atom. The average Bonchev–Trinajstić information content (AvgIpc) is 3.43. The monoisotopic (exact) mass is 451 g/mol. The van der Waals surface area contributed by atoms with Crippen molar-refractivity contribution < 1.29 is 13.6 Å². The minimum Gasteiger partial charge on any atom is -0.382 e. The summed E-state index contributed by atoms with van der Waals surface area (Å²) in [5.74, 6) is -1.60. The molecule has 3 aromatic heterocycles. The van der Waals surface area contributed by atoms with E-state index in [0.29, 0.717) is 5.39 Å². The zero-order chi connectivity index (χ0) is 23.3. The van der Waals surface area contributed by atoms with E-state index in [1.165, 1.54) is 16.9 Å². The number of nitrogens with one attached hydrogen (secondary N) is 1. The van der Waals surface area contributed by atoms with Gasteiger partial charge in [-0.05, 0) is 31.0 Å². The molecule has 10 nitrogen and oxygen atoms in total. The summed E-state index contributed by atoms with van der Waals surface area (Å²) in [6.45, 7) is 1.62. The van der Waals surface area contributed by atoms with Crippen LogP contribution in [0.5, 0.6) is 0 Å². The Morgan fingerprint density at radius 1 is 1.15 bits per heavy atom. The second-order valence-electron chi connectivity index (χ2n) is 8.18. The third-order valence-electron chi connectivity index (χ3n) is 5.75. The number of rotatable bonds is 5. The summed E-state index contributed by atoms with van der Waals surface area (Å²) in [6.07, 6.45) is 3.01. The molecule has 0 aliphatic heterocycles. The van der Waals surface area contributed by atoms with E-state index in [1.807, 2.05) is 6.92 Å². The third kappa shape index (κ3) is 3.58. The minimum atomic E-state index is -0.710. The number of carbonyl (C=O) groups is 1. The van der Waals surface area contributed by atoms with Crippen molar-refractivity contribution in [3.05, 3.63) is 47.7 Å². The van der Waals surface area contributed by atoms with Gasteiger partial charge in [0.2, 0.25) is 5.91 Å². The lowest BCUT2D eigenvalue weighted by atomic mass is 10.1. The van der Waals surface area contributed by atoms with Crippen LogP contribution in [0.3, 0.4) is 0 Å². The Hall–Kier alpha value is -4.22. The molecule has 1 fully saturated rings. The fourth-order valence-electron chi connectivity index (χ4n) is 3.44. The lowest BCUT2D eigenvalue weighted by molar-refractivity contribution is -0.120. The maximum absolute atomic E-state index is 14.2. The predicted molar refractivity (Wildman–Crippen MR) is 117 cm³/mol. The normalized spacial score (nSPS) is 14.4. The van der Waals surface area contributed by atoms with Gasteiger partial charge in [-0.3, -0.25) is 4.79 Å². The lowest BCUT2D eigenvalue weighted by Gasteiger charge is -2.13. The highest BCUT2D eigenvalue weighted by molar-refractivity contribution is 6.01. The van der Waals surface area contributed by atoms with Crippen LogP contribution in [0.2, 0.25) is 0 Å². The smallest absolute Gasteiger partial charge is 0.230 e. The van der Waals surface area contributed by atoms with Crippen LogP contribution in [-0.2, 0) is 11.3 Å². The zero-order valence-corrected chi connectivity index (χ0v) is 17.5. The third-order valence-corrected chi connectivity index (χ3v) is 5.75. The Labute approximate surface area is 186 Å². The van der Waals surface area contributed by atoms with Gasteiger partial charge in [0, 0.05) is 11.0 Å². The van der Waals surface area contributed by atoms with E-state index in [-0.39, 0.29) is 52.5 Å². The summed E-state index contributed by atoms with van der Waals surface area (Å²) in [4.78, 5) is 20.9. The molecular formula is C21H19F2N9O. The van der Waals surface area contributed by atoms with E-state index >= 15 is 0 Å². The van der Waals surface area contributed by atoms with E-state index in [9.17, 15) is 13.6 Å². The van der Waals surface area contributed by atoms with E-state index in [2.05, 4.69) is 30.6 Å². The second kappa shape index (κ2) is 7.43. The predicted octanol–water partition coefficient (Wildman–Crippen LogP) is 2.51. The molecule has 5 rings (SSSR count). The van der Waals surface area contributed by atoms with Crippen molar-refractivity contribution in [1.82, 2.24) is 29.9 Å². The second-order valence-corrected chi connectivity index (χ2v) is 8.18. The molecule has 3 heterocycles. The number of nitrogen functional groups attached to an aromatic ring is 2. The van der Waals surface area contributed by atoms with Crippen LogP contribution in [0.1, 0.15) is 25.3 Å². The Bertz CT molecular complexity index is 1370. The van der Waals surface area contributed by atoms with Crippen molar-refractivity contribution in [2.45, 2.75) is 26.3 Å². The molecule has 5 N–H and O–H groups in total. The number of anilines is 3. The van der Waals surface area contributed by atoms with Crippen molar-refractivity contribution in [3.8, 4) is 11.5 Å². The number of benzene rings is 1. The van der Waals surface area contributed by atoms with Gasteiger partial charge in [-0.2, -0.15) is 10.2 Å².